The van der Waals surface area contributed by atoms with E-state index >= 15 is 0 Å². The Balaban J connectivity index is 2.60. The molecule has 0 aliphatic carbocycles. The van der Waals surface area contributed by atoms with Crippen molar-refractivity contribution in [3.05, 3.63) is 0 Å². The van der Waals surface area contributed by atoms with Gasteiger partial charge in [-0.05, 0) is 6.42 Å². The zero-order chi connectivity index (χ0) is 12.2. The van der Waals surface area contributed by atoms with Gasteiger partial charge in [-0.3, -0.25) is 4.79 Å². The molecule has 1 atom stereocenters. The lowest BCUT2D eigenvalue weighted by molar-refractivity contribution is -0.133. The summed E-state index contributed by atoms with van der Waals surface area (Å²) in [6.45, 7) is 2.37. The van der Waals surface area contributed by atoms with Gasteiger partial charge in [0.1, 0.15) is 5.92 Å². The number of rotatable bonds is 3. The highest BCUT2D eigenvalue weighted by atomic mass is 32.2. The van der Waals surface area contributed by atoms with E-state index < -0.39 is 15.8 Å². The first kappa shape index (κ1) is 13.0. The van der Waals surface area contributed by atoms with Crippen LogP contribution in [0.2, 0.25) is 0 Å². The normalized spacial score (nSPS) is 21.1. The van der Waals surface area contributed by atoms with Crippen molar-refractivity contribution in [3.63, 3.8) is 0 Å². The van der Waals surface area contributed by atoms with Crippen LogP contribution in [0.5, 0.6) is 0 Å². The Labute approximate surface area is 96.0 Å². The van der Waals surface area contributed by atoms with Crippen molar-refractivity contribution in [2.75, 3.05) is 24.6 Å². The summed E-state index contributed by atoms with van der Waals surface area (Å²) >= 11 is 0. The third-order valence-corrected chi connectivity index (χ3v) is 4.30. The van der Waals surface area contributed by atoms with E-state index in [1.165, 1.54) is 4.90 Å². The molecule has 0 aromatic heterocycles. The molecule has 1 heterocycles. The summed E-state index contributed by atoms with van der Waals surface area (Å²) in [7, 11) is -2.97. The molecule has 6 heteroatoms. The molecule has 0 saturated carbocycles. The lowest BCUT2D eigenvalue weighted by Gasteiger charge is -2.28. The van der Waals surface area contributed by atoms with Crippen LogP contribution in [0.15, 0.2) is 0 Å². The minimum Gasteiger partial charge on any atom is -0.340 e. The van der Waals surface area contributed by atoms with Crippen molar-refractivity contribution in [2.24, 2.45) is 5.92 Å². The fourth-order valence-corrected chi connectivity index (χ4v) is 2.89. The van der Waals surface area contributed by atoms with Crippen molar-refractivity contribution in [1.29, 1.82) is 5.26 Å². The van der Waals surface area contributed by atoms with Gasteiger partial charge in [0.15, 0.2) is 9.84 Å². The first-order valence-corrected chi connectivity index (χ1v) is 7.21. The van der Waals surface area contributed by atoms with E-state index in [4.69, 9.17) is 5.26 Å². The predicted molar refractivity (Wildman–Crippen MR) is 59.2 cm³/mol. The Morgan fingerprint density at radius 3 is 2.44 bits per heavy atom. The van der Waals surface area contributed by atoms with Gasteiger partial charge in [0.25, 0.3) is 0 Å². The molecule has 1 aliphatic rings. The Morgan fingerprint density at radius 1 is 1.44 bits per heavy atom. The number of carbonyl (C=O) groups is 1. The first-order chi connectivity index (χ1) is 7.50. The number of amides is 1. The van der Waals surface area contributed by atoms with Crippen LogP contribution in [0.1, 0.15) is 19.8 Å². The minimum absolute atomic E-state index is 0.0169. The van der Waals surface area contributed by atoms with Crippen molar-refractivity contribution < 1.29 is 13.2 Å². The molecular weight excluding hydrogens is 228 g/mol. The van der Waals surface area contributed by atoms with Crippen molar-refractivity contribution in [1.82, 2.24) is 4.90 Å². The second-order valence-electron chi connectivity index (χ2n) is 3.95. The number of nitriles is 1. The quantitative estimate of drug-likeness (QED) is 0.709. The van der Waals surface area contributed by atoms with Gasteiger partial charge in [-0.1, -0.05) is 13.3 Å². The Morgan fingerprint density at radius 2 is 2.00 bits per heavy atom. The van der Waals surface area contributed by atoms with Crippen LogP contribution in [0.4, 0.5) is 0 Å². The summed E-state index contributed by atoms with van der Waals surface area (Å²) in [4.78, 5) is 13.3. The van der Waals surface area contributed by atoms with E-state index in [0.717, 1.165) is 6.42 Å². The molecule has 0 bridgehead atoms. The van der Waals surface area contributed by atoms with E-state index in [1.807, 2.05) is 13.0 Å². The molecule has 1 aliphatic heterocycles. The molecular formula is C10H16N2O3S. The number of hydrogen-bond acceptors (Lipinski definition) is 4. The zero-order valence-corrected chi connectivity index (χ0v) is 10.2. The van der Waals surface area contributed by atoms with E-state index in [2.05, 4.69) is 0 Å². The molecule has 1 rings (SSSR count). The molecule has 0 aromatic carbocycles. The van der Waals surface area contributed by atoms with E-state index in [9.17, 15) is 13.2 Å². The molecule has 0 radical (unpaired) electrons. The lowest BCUT2D eigenvalue weighted by Crippen LogP contribution is -2.46. The standard InChI is InChI=1S/C10H16N2O3S/c1-2-3-9(8-11)10(13)12-4-6-16(14,15)7-5-12/h9H,2-7H2,1H3. The lowest BCUT2D eigenvalue weighted by atomic mass is 10.0. The monoisotopic (exact) mass is 244 g/mol. The fourth-order valence-electron chi connectivity index (χ4n) is 1.69. The van der Waals surface area contributed by atoms with Gasteiger partial charge >= 0.3 is 0 Å². The maximum Gasteiger partial charge on any atom is 0.239 e. The van der Waals surface area contributed by atoms with Crippen LogP contribution >= 0.6 is 0 Å². The van der Waals surface area contributed by atoms with Crippen LogP contribution in [0.3, 0.4) is 0 Å². The molecule has 1 unspecified atom stereocenters. The highest BCUT2D eigenvalue weighted by molar-refractivity contribution is 7.91. The molecule has 1 saturated heterocycles. The predicted octanol–water partition coefficient (Wildman–Crippen LogP) is 0.183. The van der Waals surface area contributed by atoms with Crippen molar-refractivity contribution >= 4 is 15.7 Å². The van der Waals surface area contributed by atoms with Crippen LogP contribution in [0.25, 0.3) is 0 Å². The van der Waals surface area contributed by atoms with E-state index in [0.29, 0.717) is 6.42 Å². The summed E-state index contributed by atoms with van der Waals surface area (Å²) in [6.07, 6.45) is 1.31. The van der Waals surface area contributed by atoms with Crippen LogP contribution in [-0.2, 0) is 14.6 Å². The summed E-state index contributed by atoms with van der Waals surface area (Å²) < 4.78 is 22.4. The van der Waals surface area contributed by atoms with Crippen molar-refractivity contribution in [2.45, 2.75) is 19.8 Å². The third-order valence-electron chi connectivity index (χ3n) is 2.69. The first-order valence-electron chi connectivity index (χ1n) is 5.39. The van der Waals surface area contributed by atoms with Gasteiger partial charge in [-0.15, -0.1) is 0 Å². The number of carbonyl (C=O) groups excluding carboxylic acids is 1. The molecule has 1 amide bonds. The number of hydrogen-bond donors (Lipinski definition) is 0. The largest absolute Gasteiger partial charge is 0.340 e. The Hall–Kier alpha value is -1.09. The third kappa shape index (κ3) is 3.20. The molecule has 90 valence electrons. The van der Waals surface area contributed by atoms with E-state index in [-0.39, 0.29) is 30.5 Å². The van der Waals surface area contributed by atoms with Crippen molar-refractivity contribution in [3.8, 4) is 6.07 Å². The second-order valence-corrected chi connectivity index (χ2v) is 6.25. The average Bonchev–Trinajstić information content (AvgIpc) is 2.25. The topological polar surface area (TPSA) is 78.2 Å². The minimum atomic E-state index is -2.97. The molecule has 0 spiro atoms. The van der Waals surface area contributed by atoms with Gasteiger partial charge < -0.3 is 4.90 Å². The fraction of sp³-hybridized carbons (Fsp3) is 0.800. The maximum atomic E-state index is 11.8. The van der Waals surface area contributed by atoms with Gasteiger partial charge in [0.05, 0.1) is 17.6 Å². The summed E-state index contributed by atoms with van der Waals surface area (Å²) in [5.41, 5.74) is 0. The Kier molecular flexibility index (Phi) is 4.30. The average molecular weight is 244 g/mol. The zero-order valence-electron chi connectivity index (χ0n) is 9.35. The molecule has 5 nitrogen and oxygen atoms in total. The maximum absolute atomic E-state index is 11.8. The number of sulfone groups is 1. The smallest absolute Gasteiger partial charge is 0.239 e. The van der Waals surface area contributed by atoms with Gasteiger partial charge in [-0.25, -0.2) is 8.42 Å². The highest BCUT2D eigenvalue weighted by Crippen LogP contribution is 2.12. The van der Waals surface area contributed by atoms with Crippen LogP contribution in [0, 0.1) is 17.2 Å². The van der Waals surface area contributed by atoms with Crippen LogP contribution in [-0.4, -0.2) is 43.8 Å². The number of nitrogens with zero attached hydrogens (tertiary/aromatic N) is 2. The summed E-state index contributed by atoms with van der Waals surface area (Å²) in [5, 5.41) is 8.85. The summed E-state index contributed by atoms with van der Waals surface area (Å²) in [6, 6.07) is 1.98. The molecule has 0 N–H and O–H groups in total. The van der Waals surface area contributed by atoms with Crippen LogP contribution < -0.4 is 0 Å². The summed E-state index contributed by atoms with van der Waals surface area (Å²) in [5.74, 6) is -0.809. The Bertz CT molecular complexity index is 383. The molecule has 16 heavy (non-hydrogen) atoms. The molecule has 1 fully saturated rings. The van der Waals surface area contributed by atoms with E-state index in [1.54, 1.807) is 0 Å². The second kappa shape index (κ2) is 5.30. The van der Waals surface area contributed by atoms with Gasteiger partial charge in [-0.2, -0.15) is 5.26 Å². The SMILES string of the molecule is CCCC(C#N)C(=O)N1CCS(=O)(=O)CC1. The highest BCUT2D eigenvalue weighted by Gasteiger charge is 2.29. The van der Waals surface area contributed by atoms with Gasteiger partial charge in [0, 0.05) is 13.1 Å². The van der Waals surface area contributed by atoms with Gasteiger partial charge in [0.2, 0.25) is 5.91 Å². The molecule has 0 aromatic rings.